The number of carbonyl (C=O) groups is 1. The lowest BCUT2D eigenvalue weighted by atomic mass is 10.2. The summed E-state index contributed by atoms with van der Waals surface area (Å²) in [5, 5.41) is 5.06. The Morgan fingerprint density at radius 2 is 2.05 bits per heavy atom. The summed E-state index contributed by atoms with van der Waals surface area (Å²) >= 11 is 0. The first-order chi connectivity index (χ1) is 9.43. The van der Waals surface area contributed by atoms with Crippen LogP contribution in [0.15, 0.2) is 29.2 Å². The molecule has 0 spiro atoms. The summed E-state index contributed by atoms with van der Waals surface area (Å²) < 4.78 is 27.5. The van der Waals surface area contributed by atoms with E-state index in [0.29, 0.717) is 6.61 Å². The molecule has 0 bridgehead atoms. The molecule has 1 aromatic rings. The van der Waals surface area contributed by atoms with Gasteiger partial charge in [-0.2, -0.15) is 0 Å². The fourth-order valence-corrected chi connectivity index (χ4v) is 2.90. The van der Waals surface area contributed by atoms with E-state index in [2.05, 4.69) is 0 Å². The van der Waals surface area contributed by atoms with Crippen LogP contribution in [0.1, 0.15) is 19.8 Å². The lowest BCUT2D eigenvalue weighted by molar-refractivity contribution is -0.144. The summed E-state index contributed by atoms with van der Waals surface area (Å²) in [7, 11) is -3.69. The minimum Gasteiger partial charge on any atom is -0.464 e. The van der Waals surface area contributed by atoms with E-state index in [-0.39, 0.29) is 16.9 Å². The van der Waals surface area contributed by atoms with E-state index in [0.717, 1.165) is 25.1 Å². The van der Waals surface area contributed by atoms with Crippen molar-refractivity contribution in [3.8, 4) is 0 Å². The van der Waals surface area contributed by atoms with Crippen molar-refractivity contribution in [2.45, 2.75) is 30.7 Å². The quantitative estimate of drug-likeness (QED) is 0.833. The number of hydrogen-bond donors (Lipinski definition) is 1. The first-order valence-electron chi connectivity index (χ1n) is 6.49. The van der Waals surface area contributed by atoms with Crippen LogP contribution in [0.4, 0.5) is 5.69 Å². The molecular weight excluding hydrogens is 280 g/mol. The normalized spacial score (nSPS) is 19.1. The smallest absolute Gasteiger partial charge is 0.328 e. The van der Waals surface area contributed by atoms with Crippen molar-refractivity contribution in [3.63, 3.8) is 0 Å². The summed E-state index contributed by atoms with van der Waals surface area (Å²) in [5.74, 6) is -0.236. The highest BCUT2D eigenvalue weighted by Gasteiger charge is 2.32. The lowest BCUT2D eigenvalue weighted by Gasteiger charge is -2.25. The SMILES string of the molecule is CCOC(=O)C1CCCN1c1ccc(S(N)(=O)=O)cc1. The monoisotopic (exact) mass is 298 g/mol. The van der Waals surface area contributed by atoms with Crippen LogP contribution in [0, 0.1) is 0 Å². The van der Waals surface area contributed by atoms with Crippen LogP contribution >= 0.6 is 0 Å². The van der Waals surface area contributed by atoms with Crippen molar-refractivity contribution < 1.29 is 17.9 Å². The second kappa shape index (κ2) is 5.80. The number of rotatable bonds is 4. The van der Waals surface area contributed by atoms with Gasteiger partial charge >= 0.3 is 5.97 Å². The Balaban J connectivity index is 2.20. The maximum atomic E-state index is 11.9. The molecule has 2 rings (SSSR count). The summed E-state index contributed by atoms with van der Waals surface area (Å²) in [6, 6.07) is 5.93. The number of hydrogen-bond acceptors (Lipinski definition) is 5. The third kappa shape index (κ3) is 3.10. The van der Waals surface area contributed by atoms with Crippen molar-refractivity contribution in [2.24, 2.45) is 5.14 Å². The minimum absolute atomic E-state index is 0.0631. The number of carbonyl (C=O) groups excluding carboxylic acids is 1. The minimum atomic E-state index is -3.69. The maximum absolute atomic E-state index is 11.9. The fraction of sp³-hybridized carbons (Fsp3) is 0.462. The Morgan fingerprint density at radius 1 is 1.40 bits per heavy atom. The highest BCUT2D eigenvalue weighted by Crippen LogP contribution is 2.27. The van der Waals surface area contributed by atoms with Crippen molar-refractivity contribution in [2.75, 3.05) is 18.1 Å². The molecule has 0 aromatic heterocycles. The number of ether oxygens (including phenoxy) is 1. The highest BCUT2D eigenvalue weighted by molar-refractivity contribution is 7.89. The van der Waals surface area contributed by atoms with Gasteiger partial charge in [-0.15, -0.1) is 0 Å². The Kier molecular flexibility index (Phi) is 4.29. The molecule has 1 unspecified atom stereocenters. The van der Waals surface area contributed by atoms with Crippen molar-refractivity contribution >= 4 is 21.7 Å². The van der Waals surface area contributed by atoms with Gasteiger partial charge < -0.3 is 9.64 Å². The molecule has 1 aromatic carbocycles. The zero-order chi connectivity index (χ0) is 14.8. The average molecular weight is 298 g/mol. The van der Waals surface area contributed by atoms with Crippen LogP contribution in [0.3, 0.4) is 0 Å². The number of nitrogens with zero attached hydrogens (tertiary/aromatic N) is 1. The Morgan fingerprint density at radius 3 is 2.60 bits per heavy atom. The van der Waals surface area contributed by atoms with Gasteiger partial charge in [0.1, 0.15) is 6.04 Å². The molecule has 1 aliphatic rings. The van der Waals surface area contributed by atoms with Crippen LogP contribution in [0.5, 0.6) is 0 Å². The van der Waals surface area contributed by atoms with E-state index in [1.165, 1.54) is 12.1 Å². The molecule has 0 aliphatic carbocycles. The molecule has 110 valence electrons. The molecule has 2 N–H and O–H groups in total. The highest BCUT2D eigenvalue weighted by atomic mass is 32.2. The standard InChI is InChI=1S/C13H18N2O4S/c1-2-19-13(16)12-4-3-9-15(12)10-5-7-11(8-6-10)20(14,17)18/h5-8,12H,2-4,9H2,1H3,(H2,14,17,18). The molecule has 1 fully saturated rings. The Labute approximate surface area is 118 Å². The van der Waals surface area contributed by atoms with Crippen LogP contribution in [-0.2, 0) is 19.6 Å². The van der Waals surface area contributed by atoms with Gasteiger partial charge in [0.15, 0.2) is 0 Å². The van der Waals surface area contributed by atoms with Crippen molar-refractivity contribution in [1.29, 1.82) is 0 Å². The second-order valence-corrected chi connectivity index (χ2v) is 6.20. The van der Waals surface area contributed by atoms with Crippen LogP contribution in [-0.4, -0.2) is 33.6 Å². The van der Waals surface area contributed by atoms with Crippen molar-refractivity contribution in [3.05, 3.63) is 24.3 Å². The van der Waals surface area contributed by atoms with Gasteiger partial charge in [-0.1, -0.05) is 0 Å². The van der Waals surface area contributed by atoms with E-state index in [1.807, 2.05) is 4.90 Å². The molecule has 1 aliphatic heterocycles. The average Bonchev–Trinajstić information content (AvgIpc) is 2.87. The maximum Gasteiger partial charge on any atom is 0.328 e. The number of sulfonamides is 1. The molecule has 1 heterocycles. The molecule has 20 heavy (non-hydrogen) atoms. The van der Waals surface area contributed by atoms with Crippen LogP contribution in [0.25, 0.3) is 0 Å². The van der Waals surface area contributed by atoms with E-state index < -0.39 is 10.0 Å². The number of benzene rings is 1. The number of nitrogens with two attached hydrogens (primary N) is 1. The van der Waals surface area contributed by atoms with E-state index >= 15 is 0 Å². The molecule has 0 saturated carbocycles. The number of esters is 1. The predicted molar refractivity (Wildman–Crippen MR) is 74.8 cm³/mol. The summed E-state index contributed by atoms with van der Waals surface area (Å²) in [4.78, 5) is 13.9. The van der Waals surface area contributed by atoms with Crippen LogP contribution in [0.2, 0.25) is 0 Å². The predicted octanol–water partition coefficient (Wildman–Crippen LogP) is 0.866. The van der Waals surface area contributed by atoms with E-state index in [1.54, 1.807) is 19.1 Å². The number of primary sulfonamides is 1. The fourth-order valence-electron chi connectivity index (χ4n) is 2.39. The Hall–Kier alpha value is -1.60. The summed E-state index contributed by atoms with van der Waals surface area (Å²) in [5.41, 5.74) is 0.799. The van der Waals surface area contributed by atoms with Crippen LogP contribution < -0.4 is 10.0 Å². The molecule has 1 saturated heterocycles. The van der Waals surface area contributed by atoms with Gasteiger partial charge in [-0.05, 0) is 44.0 Å². The third-order valence-corrected chi connectivity index (χ3v) is 4.24. The van der Waals surface area contributed by atoms with Gasteiger partial charge in [0.2, 0.25) is 10.0 Å². The third-order valence-electron chi connectivity index (χ3n) is 3.31. The van der Waals surface area contributed by atoms with Gasteiger partial charge in [-0.3, -0.25) is 0 Å². The molecular formula is C13H18N2O4S. The van der Waals surface area contributed by atoms with Gasteiger partial charge in [0.25, 0.3) is 0 Å². The molecule has 7 heteroatoms. The second-order valence-electron chi connectivity index (χ2n) is 4.64. The van der Waals surface area contributed by atoms with Gasteiger partial charge in [0, 0.05) is 12.2 Å². The zero-order valence-corrected chi connectivity index (χ0v) is 12.1. The van der Waals surface area contributed by atoms with Gasteiger partial charge in [-0.25, -0.2) is 18.4 Å². The Bertz CT molecular complexity index is 583. The first-order valence-corrected chi connectivity index (χ1v) is 8.04. The largest absolute Gasteiger partial charge is 0.464 e. The van der Waals surface area contributed by atoms with Crippen molar-refractivity contribution in [1.82, 2.24) is 0 Å². The topological polar surface area (TPSA) is 89.7 Å². The molecule has 1 atom stereocenters. The zero-order valence-electron chi connectivity index (χ0n) is 11.3. The first kappa shape index (κ1) is 14.8. The van der Waals surface area contributed by atoms with E-state index in [9.17, 15) is 13.2 Å². The molecule has 0 amide bonds. The lowest BCUT2D eigenvalue weighted by Crippen LogP contribution is -2.37. The summed E-state index contributed by atoms with van der Waals surface area (Å²) in [6.45, 7) is 2.88. The summed E-state index contributed by atoms with van der Waals surface area (Å²) in [6.07, 6.45) is 1.65. The number of anilines is 1. The molecule has 6 nitrogen and oxygen atoms in total. The molecule has 0 radical (unpaired) electrons. The van der Waals surface area contributed by atoms with Gasteiger partial charge in [0.05, 0.1) is 11.5 Å². The van der Waals surface area contributed by atoms with E-state index in [4.69, 9.17) is 9.88 Å².